The van der Waals surface area contributed by atoms with Gasteiger partial charge in [0.2, 0.25) is 0 Å². The van der Waals surface area contributed by atoms with Crippen LogP contribution in [0.25, 0.3) is 0 Å². The summed E-state index contributed by atoms with van der Waals surface area (Å²) in [5.41, 5.74) is 7.36. The third kappa shape index (κ3) is 2.95. The zero-order valence-corrected chi connectivity index (χ0v) is 11.6. The van der Waals surface area contributed by atoms with E-state index in [0.29, 0.717) is 12.2 Å². The molecule has 0 amide bonds. The molecule has 0 fully saturated rings. The summed E-state index contributed by atoms with van der Waals surface area (Å²) in [5, 5.41) is 0. The largest absolute Gasteiger partial charge is 0.493 e. The molecule has 16 heavy (non-hydrogen) atoms. The number of hydrogen-bond acceptors (Lipinski definition) is 2. The van der Waals surface area contributed by atoms with Gasteiger partial charge in [-0.25, -0.2) is 4.39 Å². The maximum atomic E-state index is 13.7. The second-order valence-corrected chi connectivity index (χ2v) is 5.50. The van der Waals surface area contributed by atoms with Gasteiger partial charge in [-0.2, -0.15) is 0 Å². The Morgan fingerprint density at radius 3 is 2.50 bits per heavy atom. The van der Waals surface area contributed by atoms with E-state index in [9.17, 15) is 4.39 Å². The van der Waals surface area contributed by atoms with Crippen LogP contribution in [0, 0.1) is 12.7 Å². The minimum absolute atomic E-state index is 0.291. The molecule has 0 aromatic heterocycles. The van der Waals surface area contributed by atoms with Gasteiger partial charge in [0.25, 0.3) is 0 Å². The summed E-state index contributed by atoms with van der Waals surface area (Å²) in [5.74, 6) is -0.0709. The van der Waals surface area contributed by atoms with Crippen LogP contribution < -0.4 is 10.5 Å². The number of benzene rings is 1. The third-order valence-corrected chi connectivity index (χ3v) is 3.22. The van der Waals surface area contributed by atoms with Crippen molar-refractivity contribution >= 4 is 15.9 Å². The van der Waals surface area contributed by atoms with E-state index in [4.69, 9.17) is 10.5 Å². The van der Waals surface area contributed by atoms with Crippen LogP contribution in [0.15, 0.2) is 10.5 Å². The fourth-order valence-corrected chi connectivity index (χ4v) is 2.07. The molecule has 0 heterocycles. The average Bonchev–Trinajstić information content (AvgIpc) is 2.12. The zero-order chi connectivity index (χ0) is 12.5. The summed E-state index contributed by atoms with van der Waals surface area (Å²) < 4.78 is 19.5. The molecular formula is C12H17BrFNO. The average molecular weight is 290 g/mol. The molecular weight excluding hydrogens is 273 g/mol. The molecule has 0 saturated heterocycles. The van der Waals surface area contributed by atoms with E-state index >= 15 is 0 Å². The van der Waals surface area contributed by atoms with E-state index in [0.717, 1.165) is 15.6 Å². The number of nitrogens with two attached hydrogens (primary N) is 1. The smallest absolute Gasteiger partial charge is 0.166 e. The Balaban J connectivity index is 3.33. The number of hydrogen-bond donors (Lipinski definition) is 1. The summed E-state index contributed by atoms with van der Waals surface area (Å²) >= 11 is 3.33. The summed E-state index contributed by atoms with van der Waals surface area (Å²) in [7, 11) is 1.47. The van der Waals surface area contributed by atoms with Gasteiger partial charge >= 0.3 is 0 Å². The van der Waals surface area contributed by atoms with Gasteiger partial charge < -0.3 is 10.5 Å². The van der Waals surface area contributed by atoms with Crippen LogP contribution in [0.5, 0.6) is 5.75 Å². The molecule has 0 radical (unpaired) electrons. The molecule has 0 aliphatic rings. The SMILES string of the molecule is COc1c(F)cc(Br)c(C)c1CC(C)(C)N. The Kier molecular flexibility index (Phi) is 3.97. The first-order chi connectivity index (χ1) is 7.26. The highest BCUT2D eigenvalue weighted by Crippen LogP contribution is 2.33. The summed E-state index contributed by atoms with van der Waals surface area (Å²) in [6, 6.07) is 1.42. The normalized spacial score (nSPS) is 11.7. The summed E-state index contributed by atoms with van der Waals surface area (Å²) in [6.45, 7) is 5.74. The Morgan fingerprint density at radius 2 is 2.06 bits per heavy atom. The van der Waals surface area contributed by atoms with E-state index in [1.807, 2.05) is 20.8 Å². The molecule has 0 saturated carbocycles. The van der Waals surface area contributed by atoms with Crippen LogP contribution in [0.1, 0.15) is 25.0 Å². The lowest BCUT2D eigenvalue weighted by molar-refractivity contribution is 0.374. The van der Waals surface area contributed by atoms with Gasteiger partial charge in [-0.05, 0) is 38.8 Å². The van der Waals surface area contributed by atoms with Crippen LogP contribution >= 0.6 is 15.9 Å². The fraction of sp³-hybridized carbons (Fsp3) is 0.500. The number of halogens is 2. The highest BCUT2D eigenvalue weighted by Gasteiger charge is 2.21. The van der Waals surface area contributed by atoms with Gasteiger partial charge in [-0.1, -0.05) is 15.9 Å². The molecule has 2 N–H and O–H groups in total. The predicted molar refractivity (Wildman–Crippen MR) is 67.4 cm³/mol. The second kappa shape index (κ2) is 4.72. The van der Waals surface area contributed by atoms with E-state index < -0.39 is 5.54 Å². The first kappa shape index (κ1) is 13.5. The molecule has 90 valence electrons. The van der Waals surface area contributed by atoms with Crippen molar-refractivity contribution in [1.29, 1.82) is 0 Å². The van der Waals surface area contributed by atoms with Crippen molar-refractivity contribution < 1.29 is 9.13 Å². The first-order valence-corrected chi connectivity index (χ1v) is 5.86. The highest BCUT2D eigenvalue weighted by molar-refractivity contribution is 9.10. The van der Waals surface area contributed by atoms with Crippen LogP contribution in [0.3, 0.4) is 0 Å². The molecule has 0 spiro atoms. The molecule has 2 nitrogen and oxygen atoms in total. The van der Waals surface area contributed by atoms with Crippen LogP contribution in [0.2, 0.25) is 0 Å². The van der Waals surface area contributed by atoms with Crippen molar-refractivity contribution in [2.45, 2.75) is 32.7 Å². The minimum atomic E-state index is -0.398. The first-order valence-electron chi connectivity index (χ1n) is 5.06. The van der Waals surface area contributed by atoms with Crippen LogP contribution in [-0.2, 0) is 6.42 Å². The van der Waals surface area contributed by atoms with Gasteiger partial charge in [-0.15, -0.1) is 0 Å². The van der Waals surface area contributed by atoms with Crippen molar-refractivity contribution in [3.63, 3.8) is 0 Å². The molecule has 0 aliphatic carbocycles. The Bertz CT molecular complexity index is 399. The van der Waals surface area contributed by atoms with E-state index in [-0.39, 0.29) is 5.82 Å². The number of methoxy groups -OCH3 is 1. The molecule has 0 atom stereocenters. The van der Waals surface area contributed by atoms with E-state index in [1.54, 1.807) is 0 Å². The monoisotopic (exact) mass is 289 g/mol. The van der Waals surface area contributed by atoms with Crippen molar-refractivity contribution in [3.05, 3.63) is 27.5 Å². The van der Waals surface area contributed by atoms with E-state index in [1.165, 1.54) is 13.2 Å². The Morgan fingerprint density at radius 1 is 1.50 bits per heavy atom. The van der Waals surface area contributed by atoms with Gasteiger partial charge in [0.1, 0.15) is 0 Å². The lowest BCUT2D eigenvalue weighted by atomic mass is 9.92. The lowest BCUT2D eigenvalue weighted by Gasteiger charge is -2.22. The summed E-state index contributed by atoms with van der Waals surface area (Å²) in [6.07, 6.45) is 0.568. The van der Waals surface area contributed by atoms with Crippen LogP contribution in [-0.4, -0.2) is 12.6 Å². The molecule has 0 unspecified atom stereocenters. The zero-order valence-electron chi connectivity index (χ0n) is 10.0. The van der Waals surface area contributed by atoms with E-state index in [2.05, 4.69) is 15.9 Å². The maximum absolute atomic E-state index is 13.7. The molecule has 0 bridgehead atoms. The predicted octanol–water partition coefficient (Wildman–Crippen LogP) is 3.19. The topological polar surface area (TPSA) is 35.2 Å². The highest BCUT2D eigenvalue weighted by atomic mass is 79.9. The second-order valence-electron chi connectivity index (χ2n) is 4.64. The molecule has 0 aliphatic heterocycles. The fourth-order valence-electron chi connectivity index (χ4n) is 1.63. The quantitative estimate of drug-likeness (QED) is 0.928. The third-order valence-electron chi connectivity index (χ3n) is 2.39. The molecule has 1 rings (SSSR count). The maximum Gasteiger partial charge on any atom is 0.166 e. The molecule has 1 aromatic rings. The van der Waals surface area contributed by atoms with Gasteiger partial charge in [-0.3, -0.25) is 0 Å². The standard InChI is InChI=1S/C12H17BrFNO/c1-7-8(6-12(2,3)15)11(16-4)10(14)5-9(7)13/h5H,6,15H2,1-4H3. The van der Waals surface area contributed by atoms with Crippen LogP contribution in [0.4, 0.5) is 4.39 Å². The van der Waals surface area contributed by atoms with Crippen molar-refractivity contribution in [3.8, 4) is 5.75 Å². The van der Waals surface area contributed by atoms with Gasteiger partial charge in [0.05, 0.1) is 7.11 Å². The van der Waals surface area contributed by atoms with Crippen molar-refractivity contribution in [1.82, 2.24) is 0 Å². The van der Waals surface area contributed by atoms with Gasteiger partial charge in [0.15, 0.2) is 11.6 Å². The Labute approximate surface area is 104 Å². The summed E-state index contributed by atoms with van der Waals surface area (Å²) in [4.78, 5) is 0. The van der Waals surface area contributed by atoms with Crippen molar-refractivity contribution in [2.75, 3.05) is 7.11 Å². The van der Waals surface area contributed by atoms with Gasteiger partial charge in [0, 0.05) is 15.6 Å². The number of ether oxygens (including phenoxy) is 1. The molecule has 1 aromatic carbocycles. The molecule has 4 heteroatoms. The Hall–Kier alpha value is -0.610. The van der Waals surface area contributed by atoms with Crippen molar-refractivity contribution in [2.24, 2.45) is 5.73 Å². The number of rotatable bonds is 3. The minimum Gasteiger partial charge on any atom is -0.493 e. The lowest BCUT2D eigenvalue weighted by Crippen LogP contribution is -2.35.